The summed E-state index contributed by atoms with van der Waals surface area (Å²) < 4.78 is 16.5. The standard InChI is InChI=1S/C28H27NO6/c1-3-4-14-23(29-28(32)33-17-19-10-6-5-7-11-19)27(31)34-24-16-15-21-20-12-8-9-13-22(20)26(30)35-25(21)18(24)2/h5-13,15-16,23H,3-4,14,17H2,1-2H3,(H,29,32)/t23-/m1/s1. The van der Waals surface area contributed by atoms with Gasteiger partial charge in [0.1, 0.15) is 24.0 Å². The summed E-state index contributed by atoms with van der Waals surface area (Å²) in [6, 6.07) is 19.0. The molecule has 1 N–H and O–H groups in total. The highest BCUT2D eigenvalue weighted by Gasteiger charge is 2.24. The number of fused-ring (bicyclic) bond motifs is 3. The van der Waals surface area contributed by atoms with Crippen LogP contribution in [-0.2, 0) is 16.1 Å². The van der Waals surface area contributed by atoms with Gasteiger partial charge in [-0.3, -0.25) is 0 Å². The molecule has 0 aliphatic heterocycles. The summed E-state index contributed by atoms with van der Waals surface area (Å²) in [6.45, 7) is 3.82. The molecule has 4 rings (SSSR count). The van der Waals surface area contributed by atoms with Crippen molar-refractivity contribution in [3.8, 4) is 5.75 Å². The van der Waals surface area contributed by atoms with Crippen LogP contribution >= 0.6 is 0 Å². The topological polar surface area (TPSA) is 94.8 Å². The normalized spacial score (nSPS) is 11.8. The van der Waals surface area contributed by atoms with Crippen molar-refractivity contribution in [1.82, 2.24) is 5.32 Å². The van der Waals surface area contributed by atoms with Crippen LogP contribution in [0.25, 0.3) is 21.7 Å². The highest BCUT2D eigenvalue weighted by molar-refractivity contribution is 6.05. The highest BCUT2D eigenvalue weighted by Crippen LogP contribution is 2.31. The number of rotatable bonds is 8. The zero-order valence-electron chi connectivity index (χ0n) is 19.7. The number of hydrogen-bond acceptors (Lipinski definition) is 6. The number of benzene rings is 3. The lowest BCUT2D eigenvalue weighted by Gasteiger charge is -2.18. The van der Waals surface area contributed by atoms with Crippen molar-refractivity contribution in [3.05, 3.63) is 88.3 Å². The summed E-state index contributed by atoms with van der Waals surface area (Å²) in [5.41, 5.74) is 1.28. The second kappa shape index (κ2) is 10.9. The summed E-state index contributed by atoms with van der Waals surface area (Å²) in [7, 11) is 0. The molecule has 0 radical (unpaired) electrons. The van der Waals surface area contributed by atoms with Crippen LogP contribution < -0.4 is 15.7 Å². The first-order chi connectivity index (χ1) is 17.0. The van der Waals surface area contributed by atoms with Gasteiger partial charge in [-0.1, -0.05) is 68.3 Å². The average Bonchev–Trinajstić information content (AvgIpc) is 2.88. The number of nitrogens with one attached hydrogen (secondary N) is 1. The van der Waals surface area contributed by atoms with E-state index in [1.54, 1.807) is 31.2 Å². The molecule has 7 nitrogen and oxygen atoms in total. The number of hydrogen-bond donors (Lipinski definition) is 1. The van der Waals surface area contributed by atoms with E-state index in [-0.39, 0.29) is 12.4 Å². The Bertz CT molecular complexity index is 1410. The molecule has 3 aromatic carbocycles. The van der Waals surface area contributed by atoms with Gasteiger partial charge in [0, 0.05) is 10.9 Å². The summed E-state index contributed by atoms with van der Waals surface area (Å²) in [5.74, 6) is -0.345. The number of aryl methyl sites for hydroxylation is 1. The Balaban J connectivity index is 1.52. The lowest BCUT2D eigenvalue weighted by atomic mass is 10.0. The largest absolute Gasteiger partial charge is 0.445 e. The van der Waals surface area contributed by atoms with E-state index in [1.807, 2.05) is 49.4 Å². The van der Waals surface area contributed by atoms with Gasteiger partial charge in [-0.25, -0.2) is 14.4 Å². The van der Waals surface area contributed by atoms with Crippen LogP contribution in [0.2, 0.25) is 0 Å². The number of esters is 1. The third kappa shape index (κ3) is 5.51. The van der Waals surface area contributed by atoms with Crippen molar-refractivity contribution < 1.29 is 23.5 Å². The highest BCUT2D eigenvalue weighted by atomic mass is 16.6. The number of carbonyl (C=O) groups is 2. The minimum Gasteiger partial charge on any atom is -0.445 e. The van der Waals surface area contributed by atoms with E-state index in [9.17, 15) is 14.4 Å². The summed E-state index contributed by atoms with van der Waals surface area (Å²) in [6.07, 6.45) is 1.27. The van der Waals surface area contributed by atoms with Gasteiger partial charge in [0.15, 0.2) is 0 Å². The quantitative estimate of drug-likeness (QED) is 0.154. The fourth-order valence-electron chi connectivity index (χ4n) is 3.92. The van der Waals surface area contributed by atoms with Crippen LogP contribution in [0.3, 0.4) is 0 Å². The van der Waals surface area contributed by atoms with E-state index in [0.717, 1.165) is 29.2 Å². The van der Waals surface area contributed by atoms with Gasteiger partial charge in [-0.15, -0.1) is 0 Å². The number of amides is 1. The number of alkyl carbamates (subject to hydrolysis) is 1. The molecule has 7 heteroatoms. The Hall–Kier alpha value is -4.13. The van der Waals surface area contributed by atoms with Crippen molar-refractivity contribution in [1.29, 1.82) is 0 Å². The minimum absolute atomic E-state index is 0.0962. The molecule has 0 fully saturated rings. The van der Waals surface area contributed by atoms with Crippen LogP contribution in [0.1, 0.15) is 37.3 Å². The second-order valence-electron chi connectivity index (χ2n) is 8.32. The average molecular weight is 474 g/mol. The fourth-order valence-corrected chi connectivity index (χ4v) is 3.92. The van der Waals surface area contributed by atoms with Gasteiger partial charge < -0.3 is 19.2 Å². The molecule has 0 unspecified atom stereocenters. The third-order valence-electron chi connectivity index (χ3n) is 5.83. The van der Waals surface area contributed by atoms with Crippen molar-refractivity contribution in [2.75, 3.05) is 0 Å². The number of ether oxygens (including phenoxy) is 2. The van der Waals surface area contributed by atoms with Crippen LogP contribution in [0.15, 0.2) is 75.9 Å². The number of unbranched alkanes of at least 4 members (excludes halogenated alkanes) is 1. The molecule has 0 spiro atoms. The van der Waals surface area contributed by atoms with Crippen molar-refractivity contribution in [2.45, 2.75) is 45.8 Å². The summed E-state index contributed by atoms with van der Waals surface area (Å²) >= 11 is 0. The van der Waals surface area contributed by atoms with Crippen LogP contribution in [0.5, 0.6) is 5.75 Å². The van der Waals surface area contributed by atoms with Crippen LogP contribution in [-0.4, -0.2) is 18.1 Å². The molecule has 0 aliphatic carbocycles. The zero-order chi connectivity index (χ0) is 24.8. The van der Waals surface area contributed by atoms with Crippen LogP contribution in [0, 0.1) is 6.92 Å². The van der Waals surface area contributed by atoms with E-state index >= 15 is 0 Å². The molecule has 0 bridgehead atoms. The molecule has 1 atom stereocenters. The molecule has 1 amide bonds. The summed E-state index contributed by atoms with van der Waals surface area (Å²) in [5, 5.41) is 4.63. The van der Waals surface area contributed by atoms with Crippen molar-refractivity contribution in [2.24, 2.45) is 0 Å². The molecular formula is C28H27NO6. The molecule has 35 heavy (non-hydrogen) atoms. The maximum atomic E-state index is 13.0. The Kier molecular flexibility index (Phi) is 7.45. The minimum atomic E-state index is -0.878. The SMILES string of the molecule is CCCC[C@@H](NC(=O)OCc1ccccc1)C(=O)Oc1ccc2c(oc(=O)c3ccccc32)c1C. The van der Waals surface area contributed by atoms with Crippen molar-refractivity contribution >= 4 is 33.8 Å². The zero-order valence-corrected chi connectivity index (χ0v) is 19.7. The number of carbonyl (C=O) groups excluding carboxylic acids is 2. The first-order valence-corrected chi connectivity index (χ1v) is 11.6. The molecular weight excluding hydrogens is 446 g/mol. The van der Waals surface area contributed by atoms with Gasteiger partial charge in [-0.2, -0.15) is 0 Å². The van der Waals surface area contributed by atoms with E-state index in [0.29, 0.717) is 23.0 Å². The Morgan fingerprint density at radius 3 is 2.40 bits per heavy atom. The molecule has 0 aliphatic rings. The van der Waals surface area contributed by atoms with E-state index in [2.05, 4.69) is 5.32 Å². The van der Waals surface area contributed by atoms with E-state index in [1.165, 1.54) is 0 Å². The Labute approximate surface area is 202 Å². The predicted molar refractivity (Wildman–Crippen MR) is 133 cm³/mol. The molecule has 1 heterocycles. The van der Waals surface area contributed by atoms with E-state index < -0.39 is 23.7 Å². The fraction of sp³-hybridized carbons (Fsp3) is 0.250. The van der Waals surface area contributed by atoms with Gasteiger partial charge >= 0.3 is 17.7 Å². The maximum absolute atomic E-state index is 13.0. The maximum Gasteiger partial charge on any atom is 0.408 e. The molecule has 0 saturated carbocycles. The van der Waals surface area contributed by atoms with E-state index in [4.69, 9.17) is 13.9 Å². The molecule has 0 saturated heterocycles. The molecule has 180 valence electrons. The first-order valence-electron chi connectivity index (χ1n) is 11.6. The lowest BCUT2D eigenvalue weighted by molar-refractivity contribution is -0.136. The lowest BCUT2D eigenvalue weighted by Crippen LogP contribution is -2.43. The summed E-state index contributed by atoms with van der Waals surface area (Å²) in [4.78, 5) is 37.8. The monoisotopic (exact) mass is 473 g/mol. The van der Waals surface area contributed by atoms with Crippen molar-refractivity contribution in [3.63, 3.8) is 0 Å². The third-order valence-corrected chi connectivity index (χ3v) is 5.83. The van der Waals surface area contributed by atoms with Gasteiger partial charge in [0.05, 0.1) is 5.39 Å². The van der Waals surface area contributed by atoms with Gasteiger partial charge in [0.2, 0.25) is 0 Å². The first kappa shape index (κ1) is 24.0. The van der Waals surface area contributed by atoms with Crippen LogP contribution in [0.4, 0.5) is 4.79 Å². The smallest absolute Gasteiger partial charge is 0.408 e. The van der Waals surface area contributed by atoms with Gasteiger partial charge in [0.25, 0.3) is 0 Å². The Morgan fingerprint density at radius 1 is 0.943 bits per heavy atom. The molecule has 4 aromatic rings. The second-order valence-corrected chi connectivity index (χ2v) is 8.32. The predicted octanol–water partition coefficient (Wildman–Crippen LogP) is 5.65. The van der Waals surface area contributed by atoms with Gasteiger partial charge in [-0.05, 0) is 42.5 Å². The Morgan fingerprint density at radius 2 is 1.66 bits per heavy atom. The molecule has 1 aromatic heterocycles.